The van der Waals surface area contributed by atoms with Crippen LogP contribution in [0.15, 0.2) is 30.6 Å². The van der Waals surface area contributed by atoms with Crippen molar-refractivity contribution in [2.45, 2.75) is 12.3 Å². The number of aromatic nitrogens is 3. The zero-order chi connectivity index (χ0) is 15.8. The van der Waals surface area contributed by atoms with Gasteiger partial charge in [-0.2, -0.15) is 17.0 Å². The second-order valence-electron chi connectivity index (χ2n) is 4.41. The molecule has 6 nitrogen and oxygen atoms in total. The molecule has 22 heavy (non-hydrogen) atoms. The normalized spacial score (nSPS) is 10.2. The molecule has 0 radical (unpaired) electrons. The van der Waals surface area contributed by atoms with Crippen LogP contribution in [0, 0.1) is 11.3 Å². The minimum Gasteiger partial charge on any atom is -0.354 e. The quantitative estimate of drug-likeness (QED) is 0.781. The molecule has 0 aliphatic rings. The number of rotatable bonds is 7. The van der Waals surface area contributed by atoms with Crippen molar-refractivity contribution in [1.29, 1.82) is 5.26 Å². The van der Waals surface area contributed by atoms with E-state index in [-0.39, 0.29) is 18.3 Å². The molecule has 8 heteroatoms. The number of nitrogens with one attached hydrogen (secondary N) is 1. The first-order valence-electron chi connectivity index (χ1n) is 6.56. The zero-order valence-corrected chi connectivity index (χ0v) is 13.3. The van der Waals surface area contributed by atoms with Crippen molar-refractivity contribution < 1.29 is 4.79 Å². The number of hydrogen-bond acceptors (Lipinski definition) is 5. The first kappa shape index (κ1) is 16.3. The van der Waals surface area contributed by atoms with Gasteiger partial charge in [0.1, 0.15) is 18.9 Å². The number of halogens is 1. The molecule has 1 N–H and O–H groups in total. The van der Waals surface area contributed by atoms with Crippen molar-refractivity contribution in [2.24, 2.45) is 0 Å². The summed E-state index contributed by atoms with van der Waals surface area (Å²) < 4.78 is 1.34. The van der Waals surface area contributed by atoms with Gasteiger partial charge in [0.25, 0.3) is 5.82 Å². The SMILES string of the molecule is N#Cc1ncn(CC(=O)NCCSCc2ccc(Cl)cc2)n1. The smallest absolute Gasteiger partial charge is 0.252 e. The summed E-state index contributed by atoms with van der Waals surface area (Å²) in [7, 11) is 0. The van der Waals surface area contributed by atoms with Gasteiger partial charge in [0, 0.05) is 23.1 Å². The molecule has 0 saturated heterocycles. The van der Waals surface area contributed by atoms with E-state index in [1.807, 2.05) is 30.3 Å². The lowest BCUT2D eigenvalue weighted by atomic mass is 10.2. The van der Waals surface area contributed by atoms with Crippen LogP contribution in [0.1, 0.15) is 11.4 Å². The summed E-state index contributed by atoms with van der Waals surface area (Å²) in [5.41, 5.74) is 1.20. The van der Waals surface area contributed by atoms with E-state index >= 15 is 0 Å². The lowest BCUT2D eigenvalue weighted by Gasteiger charge is -2.05. The Morgan fingerprint density at radius 1 is 1.41 bits per heavy atom. The van der Waals surface area contributed by atoms with Gasteiger partial charge in [-0.15, -0.1) is 5.10 Å². The monoisotopic (exact) mass is 335 g/mol. The Morgan fingerprint density at radius 2 is 2.18 bits per heavy atom. The third kappa shape index (κ3) is 5.39. The molecule has 0 saturated carbocycles. The van der Waals surface area contributed by atoms with Gasteiger partial charge in [0.2, 0.25) is 5.91 Å². The van der Waals surface area contributed by atoms with E-state index in [1.165, 1.54) is 16.6 Å². The highest BCUT2D eigenvalue weighted by Gasteiger charge is 2.05. The summed E-state index contributed by atoms with van der Waals surface area (Å²) in [4.78, 5) is 15.4. The standard InChI is InChI=1S/C14H14ClN5OS/c15-12-3-1-11(2-4-12)9-22-6-5-17-14(21)8-20-10-18-13(7-16)19-20/h1-4,10H,5-6,8-9H2,(H,17,21). The second kappa shape index (κ2) is 8.41. The van der Waals surface area contributed by atoms with Crippen molar-refractivity contribution >= 4 is 29.3 Å². The topological polar surface area (TPSA) is 83.6 Å². The Hall–Kier alpha value is -2.04. The molecule has 1 amide bonds. The van der Waals surface area contributed by atoms with Crippen molar-refractivity contribution in [1.82, 2.24) is 20.1 Å². The highest BCUT2D eigenvalue weighted by atomic mass is 35.5. The van der Waals surface area contributed by atoms with Crippen LogP contribution in [0.4, 0.5) is 0 Å². The van der Waals surface area contributed by atoms with Gasteiger partial charge in [0.15, 0.2) is 0 Å². The molecule has 0 fully saturated rings. The fourth-order valence-corrected chi connectivity index (χ4v) is 2.60. The van der Waals surface area contributed by atoms with E-state index in [0.717, 1.165) is 16.5 Å². The molecule has 0 unspecified atom stereocenters. The molecule has 1 heterocycles. The van der Waals surface area contributed by atoms with Gasteiger partial charge in [-0.05, 0) is 17.7 Å². The largest absolute Gasteiger partial charge is 0.354 e. The Bertz CT molecular complexity index is 665. The molecule has 0 atom stereocenters. The highest BCUT2D eigenvalue weighted by Crippen LogP contribution is 2.14. The van der Waals surface area contributed by atoms with E-state index in [0.29, 0.717) is 6.54 Å². The molecule has 1 aromatic heterocycles. The molecule has 0 spiro atoms. The number of nitrogens with zero attached hydrogens (tertiary/aromatic N) is 4. The van der Waals surface area contributed by atoms with Gasteiger partial charge in [-0.3, -0.25) is 4.79 Å². The Morgan fingerprint density at radius 3 is 2.86 bits per heavy atom. The molecule has 2 aromatic rings. The summed E-state index contributed by atoms with van der Waals surface area (Å²) >= 11 is 7.56. The highest BCUT2D eigenvalue weighted by molar-refractivity contribution is 7.98. The maximum atomic E-state index is 11.7. The average molecular weight is 336 g/mol. The Labute approximate surface area is 137 Å². The number of thioether (sulfide) groups is 1. The maximum absolute atomic E-state index is 11.7. The minimum absolute atomic E-state index is 0.0614. The number of hydrogen-bond donors (Lipinski definition) is 1. The van der Waals surface area contributed by atoms with Crippen LogP contribution >= 0.6 is 23.4 Å². The summed E-state index contributed by atoms with van der Waals surface area (Å²) in [6, 6.07) is 9.53. The number of amides is 1. The van der Waals surface area contributed by atoms with Crippen LogP contribution in [-0.4, -0.2) is 33.0 Å². The molecule has 0 aliphatic heterocycles. The van der Waals surface area contributed by atoms with Gasteiger partial charge >= 0.3 is 0 Å². The molecular weight excluding hydrogens is 322 g/mol. The lowest BCUT2D eigenvalue weighted by molar-refractivity contribution is -0.121. The molecule has 2 rings (SSSR count). The number of carbonyl (C=O) groups is 1. The summed E-state index contributed by atoms with van der Waals surface area (Å²) in [6.45, 7) is 0.646. The van der Waals surface area contributed by atoms with Crippen LogP contribution in [0.5, 0.6) is 0 Å². The average Bonchev–Trinajstić information content (AvgIpc) is 2.96. The van der Waals surface area contributed by atoms with Gasteiger partial charge in [-0.1, -0.05) is 23.7 Å². The molecule has 114 valence electrons. The molecule has 0 aliphatic carbocycles. The van der Waals surface area contributed by atoms with E-state index < -0.39 is 0 Å². The van der Waals surface area contributed by atoms with Crippen LogP contribution in [-0.2, 0) is 17.1 Å². The number of benzene rings is 1. The molecule has 1 aromatic carbocycles. The van der Waals surface area contributed by atoms with Crippen molar-refractivity contribution in [2.75, 3.05) is 12.3 Å². The first-order valence-corrected chi connectivity index (χ1v) is 8.09. The second-order valence-corrected chi connectivity index (χ2v) is 5.95. The maximum Gasteiger partial charge on any atom is 0.252 e. The summed E-state index contributed by atoms with van der Waals surface area (Å²) in [5.74, 6) is 1.60. The fraction of sp³-hybridized carbons (Fsp3) is 0.286. The van der Waals surface area contributed by atoms with E-state index in [9.17, 15) is 4.79 Å². The van der Waals surface area contributed by atoms with Crippen molar-refractivity contribution in [3.05, 3.63) is 47.0 Å². The Balaban J connectivity index is 1.61. The summed E-state index contributed by atoms with van der Waals surface area (Å²) in [5, 5.41) is 16.0. The van der Waals surface area contributed by atoms with Crippen molar-refractivity contribution in [3.8, 4) is 6.07 Å². The van der Waals surface area contributed by atoms with Gasteiger partial charge in [-0.25, -0.2) is 9.67 Å². The predicted molar refractivity (Wildman–Crippen MR) is 85.4 cm³/mol. The minimum atomic E-state index is -0.151. The fourth-order valence-electron chi connectivity index (χ4n) is 1.66. The first-order chi connectivity index (χ1) is 10.7. The number of nitriles is 1. The lowest BCUT2D eigenvalue weighted by Crippen LogP contribution is -2.29. The van der Waals surface area contributed by atoms with Crippen LogP contribution in [0.25, 0.3) is 0 Å². The van der Waals surface area contributed by atoms with E-state index in [4.69, 9.17) is 16.9 Å². The zero-order valence-electron chi connectivity index (χ0n) is 11.7. The number of carbonyl (C=O) groups excluding carboxylic acids is 1. The predicted octanol–water partition coefficient (Wildman–Crippen LogP) is 1.85. The molecule has 0 bridgehead atoms. The third-order valence-corrected chi connectivity index (χ3v) is 3.97. The van der Waals surface area contributed by atoms with Crippen LogP contribution in [0.2, 0.25) is 5.02 Å². The molecular formula is C14H14ClN5OS. The van der Waals surface area contributed by atoms with Gasteiger partial charge in [0.05, 0.1) is 0 Å². The van der Waals surface area contributed by atoms with Crippen molar-refractivity contribution in [3.63, 3.8) is 0 Å². The van der Waals surface area contributed by atoms with Crippen LogP contribution < -0.4 is 5.32 Å². The van der Waals surface area contributed by atoms with E-state index in [2.05, 4.69) is 15.4 Å². The van der Waals surface area contributed by atoms with E-state index in [1.54, 1.807) is 11.8 Å². The Kier molecular flexibility index (Phi) is 6.25. The third-order valence-electron chi connectivity index (χ3n) is 2.69. The summed E-state index contributed by atoms with van der Waals surface area (Å²) in [6.07, 6.45) is 1.37. The van der Waals surface area contributed by atoms with Gasteiger partial charge < -0.3 is 5.32 Å². The van der Waals surface area contributed by atoms with Crippen LogP contribution in [0.3, 0.4) is 0 Å².